The number of hydrogen-bond acceptors (Lipinski definition) is 3. The Morgan fingerprint density at radius 2 is 1.25 bits per heavy atom. The number of nitrogens with zero attached hydrogens (tertiary/aromatic N) is 2. The van der Waals surface area contributed by atoms with Crippen LogP contribution in [0.15, 0.2) is 60.7 Å². The lowest BCUT2D eigenvalue weighted by Crippen LogP contribution is -2.39. The van der Waals surface area contributed by atoms with Crippen LogP contribution >= 0.6 is 7.79 Å². The predicted molar refractivity (Wildman–Crippen MR) is 121 cm³/mol. The van der Waals surface area contributed by atoms with Gasteiger partial charge in [-0.05, 0) is 24.0 Å². The van der Waals surface area contributed by atoms with E-state index in [0.29, 0.717) is 12.1 Å². The molecule has 1 saturated heterocycles. The summed E-state index contributed by atoms with van der Waals surface area (Å²) in [6.07, 6.45) is 9.35. The van der Waals surface area contributed by atoms with Gasteiger partial charge >= 0.3 is 0 Å². The number of hydrogen-bond donors (Lipinski definition) is 0. The third kappa shape index (κ3) is 4.17. The minimum atomic E-state index is -2.60. The maximum atomic E-state index is 14.7. The van der Waals surface area contributed by atoms with E-state index in [1.165, 1.54) is 36.8 Å². The molecule has 1 saturated carbocycles. The standard InChI is InChI=1S/C23H32N2OPS/c1-28(2)19-27(26)24(17-20-11-5-3-6-12-20)22-15-9-10-16-23(22)25(27)18-21-13-7-4-8-14-21/h3-8,11-14,22-23H,9-10,15-19H2,1-2H3/q+1/t22-,23-/m1/s1. The molecule has 2 fully saturated rings. The highest BCUT2D eigenvalue weighted by Crippen LogP contribution is 2.68. The Morgan fingerprint density at radius 1 is 0.821 bits per heavy atom. The second-order valence-electron chi connectivity index (χ2n) is 8.36. The molecule has 4 rings (SSSR count). The summed E-state index contributed by atoms with van der Waals surface area (Å²) in [5, 5.41) is 0. The summed E-state index contributed by atoms with van der Waals surface area (Å²) >= 11 is 0. The van der Waals surface area contributed by atoms with Crippen LogP contribution in [0.3, 0.4) is 0 Å². The second kappa shape index (κ2) is 8.85. The molecule has 3 nitrogen and oxygen atoms in total. The van der Waals surface area contributed by atoms with E-state index in [0.717, 1.165) is 18.6 Å². The fraction of sp³-hybridized carbons (Fsp3) is 0.478. The zero-order valence-corrected chi connectivity index (χ0v) is 18.7. The molecule has 0 bridgehead atoms. The molecule has 28 heavy (non-hydrogen) atoms. The van der Waals surface area contributed by atoms with Crippen LogP contribution < -0.4 is 4.89 Å². The largest absolute Gasteiger partial charge is 0.647 e. The zero-order valence-electron chi connectivity index (χ0n) is 17.0. The maximum absolute atomic E-state index is 14.7. The van der Waals surface area contributed by atoms with Crippen molar-refractivity contribution in [2.45, 2.75) is 50.9 Å². The Bertz CT molecular complexity index is 700. The molecular formula is C23H32N2OPS+. The molecule has 150 valence electrons. The van der Waals surface area contributed by atoms with Crippen molar-refractivity contribution in [1.29, 1.82) is 0 Å². The molecule has 1 aliphatic heterocycles. The fourth-order valence-electron chi connectivity index (χ4n) is 4.88. The molecule has 2 aromatic rings. The van der Waals surface area contributed by atoms with E-state index in [1.807, 2.05) is 0 Å². The van der Waals surface area contributed by atoms with Gasteiger partial charge in [0.25, 0.3) is 0 Å². The molecule has 0 radical (unpaired) electrons. The smallest absolute Gasteiger partial charge is 0.234 e. The van der Waals surface area contributed by atoms with Crippen LogP contribution in [0.25, 0.3) is 0 Å². The Kier molecular flexibility index (Phi) is 6.44. The highest BCUT2D eigenvalue weighted by Gasteiger charge is 2.60. The molecule has 2 atom stereocenters. The van der Waals surface area contributed by atoms with E-state index in [1.54, 1.807) is 0 Å². The van der Waals surface area contributed by atoms with Crippen LogP contribution in [-0.2, 0) is 24.0 Å². The Hall–Kier alpha value is -0.900. The van der Waals surface area contributed by atoms with Crippen LogP contribution in [0.2, 0.25) is 0 Å². The molecule has 2 aromatic carbocycles. The van der Waals surface area contributed by atoms with E-state index in [-0.39, 0.29) is 10.9 Å². The molecule has 0 unspecified atom stereocenters. The normalized spacial score (nSPS) is 25.1. The van der Waals surface area contributed by atoms with E-state index in [2.05, 4.69) is 82.5 Å². The average molecular weight is 416 g/mol. The van der Waals surface area contributed by atoms with E-state index < -0.39 is 7.79 Å². The van der Waals surface area contributed by atoms with Crippen LogP contribution in [0.4, 0.5) is 0 Å². The van der Waals surface area contributed by atoms with Crippen molar-refractivity contribution in [3.63, 3.8) is 0 Å². The molecular weight excluding hydrogens is 383 g/mol. The Morgan fingerprint density at radius 3 is 1.64 bits per heavy atom. The van der Waals surface area contributed by atoms with Crippen molar-refractivity contribution < 1.29 is 4.89 Å². The lowest BCUT2D eigenvalue weighted by atomic mass is 9.90. The van der Waals surface area contributed by atoms with Gasteiger partial charge < -0.3 is 4.89 Å². The third-order valence-corrected chi connectivity index (χ3v) is 12.0. The highest BCUT2D eigenvalue weighted by molar-refractivity contribution is 8.02. The quantitative estimate of drug-likeness (QED) is 0.521. The summed E-state index contributed by atoms with van der Waals surface area (Å²) in [6.45, 7) is 1.61. The summed E-state index contributed by atoms with van der Waals surface area (Å²) in [5.74, 6) is 0. The summed E-state index contributed by atoms with van der Waals surface area (Å²) in [5.41, 5.74) is 3.36. The fourth-order valence-corrected chi connectivity index (χ4v) is 11.3. The van der Waals surface area contributed by atoms with Crippen LogP contribution in [0, 0.1) is 0 Å². The van der Waals surface area contributed by atoms with Crippen molar-refractivity contribution in [3.8, 4) is 0 Å². The van der Waals surface area contributed by atoms with Gasteiger partial charge in [-0.15, -0.1) is 0 Å². The first-order valence-corrected chi connectivity index (χ1v) is 14.3. The van der Waals surface area contributed by atoms with Crippen LogP contribution in [0.5, 0.6) is 0 Å². The first-order valence-electron chi connectivity index (χ1n) is 10.3. The number of benzene rings is 2. The predicted octanol–water partition coefficient (Wildman–Crippen LogP) is 4.27. The van der Waals surface area contributed by atoms with Gasteiger partial charge in [0.15, 0.2) is 7.79 Å². The lowest BCUT2D eigenvalue weighted by molar-refractivity contribution is -0.190. The van der Waals surface area contributed by atoms with Gasteiger partial charge in [0, 0.05) is 10.9 Å². The monoisotopic (exact) mass is 415 g/mol. The third-order valence-electron chi connectivity index (χ3n) is 6.06. The van der Waals surface area contributed by atoms with Gasteiger partial charge in [-0.3, -0.25) is 0 Å². The van der Waals surface area contributed by atoms with E-state index in [9.17, 15) is 4.89 Å². The van der Waals surface area contributed by atoms with Crippen molar-refractivity contribution >= 4 is 18.7 Å². The summed E-state index contributed by atoms with van der Waals surface area (Å²) < 4.78 is 4.87. The Balaban J connectivity index is 1.70. The van der Waals surface area contributed by atoms with Crippen molar-refractivity contribution in [2.75, 3.05) is 18.0 Å². The highest BCUT2D eigenvalue weighted by atomic mass is 32.2. The van der Waals surface area contributed by atoms with Crippen LogP contribution in [-0.4, -0.2) is 39.4 Å². The first kappa shape index (κ1) is 20.4. The van der Waals surface area contributed by atoms with Gasteiger partial charge in [0.2, 0.25) is 5.49 Å². The van der Waals surface area contributed by atoms with Gasteiger partial charge in [-0.25, -0.2) is 0 Å². The molecule has 5 heteroatoms. The average Bonchev–Trinajstić information content (AvgIpc) is 2.92. The van der Waals surface area contributed by atoms with Crippen molar-refractivity contribution in [1.82, 2.24) is 9.34 Å². The Labute approximate surface area is 173 Å². The molecule has 0 N–H and O–H groups in total. The molecule has 1 heterocycles. The van der Waals surface area contributed by atoms with Crippen molar-refractivity contribution in [2.24, 2.45) is 0 Å². The zero-order chi connectivity index (χ0) is 19.6. The number of fused-ring (bicyclic) bond motifs is 1. The van der Waals surface area contributed by atoms with Gasteiger partial charge in [0.1, 0.15) is 12.5 Å². The minimum absolute atomic E-state index is 0.138. The number of rotatable bonds is 6. The molecule has 0 amide bonds. The lowest BCUT2D eigenvalue weighted by Gasteiger charge is -2.39. The topological polar surface area (TPSA) is 29.5 Å². The molecule has 0 spiro atoms. The minimum Gasteiger partial charge on any atom is -0.647 e. The van der Waals surface area contributed by atoms with Crippen molar-refractivity contribution in [3.05, 3.63) is 71.8 Å². The van der Waals surface area contributed by atoms with Gasteiger partial charge in [-0.1, -0.05) is 73.5 Å². The summed E-state index contributed by atoms with van der Waals surface area (Å²) in [4.78, 5) is 14.7. The SMILES string of the molecule is C[S+](C)C[P+]1([O-])N(Cc2ccccc2)[C@@H]2CCCC[C@H]2N1Cc1ccccc1. The van der Waals surface area contributed by atoms with Gasteiger partial charge in [0.05, 0.1) is 25.2 Å². The summed E-state index contributed by atoms with van der Waals surface area (Å²) in [6, 6.07) is 22.1. The van der Waals surface area contributed by atoms with Gasteiger partial charge in [-0.2, -0.15) is 9.34 Å². The maximum Gasteiger partial charge on any atom is 0.234 e. The second-order valence-corrected chi connectivity index (χ2v) is 13.7. The first-order chi connectivity index (χ1) is 13.6. The molecule has 1 aliphatic carbocycles. The summed E-state index contributed by atoms with van der Waals surface area (Å²) in [7, 11) is -2.47. The van der Waals surface area contributed by atoms with E-state index in [4.69, 9.17) is 0 Å². The van der Waals surface area contributed by atoms with Crippen LogP contribution in [0.1, 0.15) is 36.8 Å². The molecule has 2 aliphatic rings. The molecule has 0 aromatic heterocycles. The van der Waals surface area contributed by atoms with E-state index >= 15 is 0 Å².